The van der Waals surface area contributed by atoms with Crippen molar-refractivity contribution in [2.45, 2.75) is 20.0 Å². The predicted molar refractivity (Wildman–Crippen MR) is 56.2 cm³/mol. The van der Waals surface area contributed by atoms with Gasteiger partial charge in [0.25, 0.3) is 0 Å². The third-order valence-corrected chi connectivity index (χ3v) is 2.88. The fourth-order valence-corrected chi connectivity index (χ4v) is 1.84. The highest BCUT2D eigenvalue weighted by Gasteiger charge is 2.10. The van der Waals surface area contributed by atoms with Gasteiger partial charge in [0.05, 0.1) is 6.10 Å². The summed E-state index contributed by atoms with van der Waals surface area (Å²) < 4.78 is 0. The van der Waals surface area contributed by atoms with Crippen LogP contribution in [0, 0.1) is 6.92 Å². The molecule has 1 rings (SSSR count). The van der Waals surface area contributed by atoms with Crippen molar-refractivity contribution >= 4 is 26.1 Å². The van der Waals surface area contributed by atoms with E-state index in [2.05, 4.69) is 9.24 Å². The van der Waals surface area contributed by atoms with Crippen molar-refractivity contribution in [3.8, 4) is 0 Å². The molecule has 0 radical (unpaired) electrons. The van der Waals surface area contributed by atoms with Crippen LogP contribution in [0.15, 0.2) is 12.1 Å². The van der Waals surface area contributed by atoms with E-state index in [9.17, 15) is 5.11 Å². The summed E-state index contributed by atoms with van der Waals surface area (Å²) in [4.78, 5) is 0. The van der Waals surface area contributed by atoms with E-state index in [0.29, 0.717) is 5.02 Å². The molecule has 0 amide bonds. The van der Waals surface area contributed by atoms with Gasteiger partial charge in [-0.1, -0.05) is 17.7 Å². The molecule has 1 aromatic rings. The first-order valence-electron chi connectivity index (χ1n) is 3.76. The van der Waals surface area contributed by atoms with Gasteiger partial charge in [-0.05, 0) is 30.8 Å². The Kier molecular flexibility index (Phi) is 3.11. The van der Waals surface area contributed by atoms with Crippen LogP contribution in [0.5, 0.6) is 0 Å². The van der Waals surface area contributed by atoms with Crippen LogP contribution in [0.1, 0.15) is 24.2 Å². The monoisotopic (exact) mass is 202 g/mol. The molecule has 1 nitrogen and oxygen atoms in total. The topological polar surface area (TPSA) is 20.2 Å². The SMILES string of the molecule is Cc1c(P)ccc(Cl)c1C(C)O. The first-order valence-corrected chi connectivity index (χ1v) is 4.72. The van der Waals surface area contributed by atoms with Gasteiger partial charge in [0.15, 0.2) is 0 Å². The molecule has 1 aromatic carbocycles. The van der Waals surface area contributed by atoms with E-state index in [1.807, 2.05) is 13.0 Å². The maximum Gasteiger partial charge on any atom is 0.0779 e. The van der Waals surface area contributed by atoms with Crippen LogP contribution in [0.25, 0.3) is 0 Å². The van der Waals surface area contributed by atoms with Gasteiger partial charge in [-0.25, -0.2) is 0 Å². The van der Waals surface area contributed by atoms with E-state index in [0.717, 1.165) is 16.4 Å². The zero-order valence-electron chi connectivity index (χ0n) is 7.13. The number of rotatable bonds is 1. The van der Waals surface area contributed by atoms with Crippen molar-refractivity contribution in [1.82, 2.24) is 0 Å². The molecule has 12 heavy (non-hydrogen) atoms. The molecule has 0 aliphatic rings. The quantitative estimate of drug-likeness (QED) is 0.693. The van der Waals surface area contributed by atoms with Crippen molar-refractivity contribution in [3.63, 3.8) is 0 Å². The average molecular weight is 203 g/mol. The Morgan fingerprint density at radius 2 is 2.08 bits per heavy atom. The van der Waals surface area contributed by atoms with Crippen LogP contribution < -0.4 is 5.30 Å². The number of hydrogen-bond donors (Lipinski definition) is 1. The second-order valence-corrected chi connectivity index (χ2v) is 3.88. The average Bonchev–Trinajstić information content (AvgIpc) is 1.97. The van der Waals surface area contributed by atoms with Crippen LogP contribution in [0.3, 0.4) is 0 Å². The highest BCUT2D eigenvalue weighted by molar-refractivity contribution is 7.27. The number of aliphatic hydroxyl groups excluding tert-OH is 1. The van der Waals surface area contributed by atoms with Crippen molar-refractivity contribution in [3.05, 3.63) is 28.3 Å². The van der Waals surface area contributed by atoms with Gasteiger partial charge in [-0.15, -0.1) is 9.24 Å². The minimum atomic E-state index is -0.502. The lowest BCUT2D eigenvalue weighted by Crippen LogP contribution is -2.05. The summed E-state index contributed by atoms with van der Waals surface area (Å²) in [5.74, 6) is 0. The molecule has 0 fully saturated rings. The minimum Gasteiger partial charge on any atom is -0.389 e. The molecule has 2 atom stereocenters. The summed E-state index contributed by atoms with van der Waals surface area (Å²) in [5, 5.41) is 11.1. The standard InChI is InChI=1S/C9H12ClOP/c1-5-8(12)4-3-7(10)9(5)6(2)11/h3-4,6,11H,12H2,1-2H3. The van der Waals surface area contributed by atoms with E-state index in [1.54, 1.807) is 13.0 Å². The Labute approximate surface area is 80.0 Å². The third-order valence-electron chi connectivity index (χ3n) is 1.92. The molecule has 0 aliphatic heterocycles. The second kappa shape index (κ2) is 3.74. The Bertz CT molecular complexity index is 297. The van der Waals surface area contributed by atoms with Gasteiger partial charge < -0.3 is 5.11 Å². The lowest BCUT2D eigenvalue weighted by molar-refractivity contribution is 0.199. The fourth-order valence-electron chi connectivity index (χ4n) is 1.23. The molecule has 0 heterocycles. The highest BCUT2D eigenvalue weighted by Crippen LogP contribution is 2.25. The van der Waals surface area contributed by atoms with E-state index >= 15 is 0 Å². The molecule has 0 saturated heterocycles. The Balaban J connectivity index is 3.33. The number of hydrogen-bond acceptors (Lipinski definition) is 1. The van der Waals surface area contributed by atoms with Gasteiger partial charge in [-0.3, -0.25) is 0 Å². The van der Waals surface area contributed by atoms with Crippen LogP contribution in [0.2, 0.25) is 5.02 Å². The molecule has 3 heteroatoms. The first-order chi connectivity index (χ1) is 5.54. The van der Waals surface area contributed by atoms with E-state index in [1.165, 1.54) is 0 Å². The molecule has 1 N–H and O–H groups in total. The number of benzene rings is 1. The van der Waals surface area contributed by atoms with Crippen molar-refractivity contribution in [2.24, 2.45) is 0 Å². The summed E-state index contributed by atoms with van der Waals surface area (Å²) >= 11 is 5.93. The Morgan fingerprint density at radius 3 is 2.50 bits per heavy atom. The lowest BCUT2D eigenvalue weighted by atomic mass is 10.0. The molecule has 2 unspecified atom stereocenters. The van der Waals surface area contributed by atoms with Crippen molar-refractivity contribution < 1.29 is 5.11 Å². The fraction of sp³-hybridized carbons (Fsp3) is 0.333. The molecule has 0 aliphatic carbocycles. The van der Waals surface area contributed by atoms with E-state index in [4.69, 9.17) is 11.6 Å². The summed E-state index contributed by atoms with van der Waals surface area (Å²) in [6.07, 6.45) is -0.502. The maximum absolute atomic E-state index is 9.42. The normalized spacial score (nSPS) is 13.1. The van der Waals surface area contributed by atoms with Crippen LogP contribution in [-0.4, -0.2) is 5.11 Å². The molecule has 0 aromatic heterocycles. The molecule has 0 saturated carbocycles. The zero-order valence-corrected chi connectivity index (χ0v) is 9.05. The lowest BCUT2D eigenvalue weighted by Gasteiger charge is -2.12. The molecule has 0 bridgehead atoms. The van der Waals surface area contributed by atoms with Crippen LogP contribution >= 0.6 is 20.8 Å². The third kappa shape index (κ3) is 1.80. The van der Waals surface area contributed by atoms with Crippen molar-refractivity contribution in [1.29, 1.82) is 0 Å². The zero-order chi connectivity index (χ0) is 9.30. The van der Waals surface area contributed by atoms with Gasteiger partial charge in [-0.2, -0.15) is 0 Å². The second-order valence-electron chi connectivity index (χ2n) is 2.85. The van der Waals surface area contributed by atoms with Crippen LogP contribution in [-0.2, 0) is 0 Å². The maximum atomic E-state index is 9.42. The minimum absolute atomic E-state index is 0.502. The summed E-state index contributed by atoms with van der Waals surface area (Å²) in [6, 6.07) is 3.73. The Hall–Kier alpha value is -0.100. The number of aliphatic hydroxyl groups is 1. The van der Waals surface area contributed by atoms with Gasteiger partial charge >= 0.3 is 0 Å². The molecular formula is C9H12ClOP. The summed E-state index contributed by atoms with van der Waals surface area (Å²) in [5.41, 5.74) is 1.87. The summed E-state index contributed by atoms with van der Waals surface area (Å²) in [7, 11) is 2.62. The van der Waals surface area contributed by atoms with Gasteiger partial charge in [0.1, 0.15) is 0 Å². The first kappa shape index (κ1) is 9.98. The smallest absolute Gasteiger partial charge is 0.0779 e. The van der Waals surface area contributed by atoms with Gasteiger partial charge in [0.2, 0.25) is 0 Å². The van der Waals surface area contributed by atoms with E-state index in [-0.39, 0.29) is 0 Å². The predicted octanol–water partition coefficient (Wildman–Crippen LogP) is 2.20. The molecule has 0 spiro atoms. The van der Waals surface area contributed by atoms with E-state index < -0.39 is 6.10 Å². The van der Waals surface area contributed by atoms with Crippen LogP contribution in [0.4, 0.5) is 0 Å². The molecular weight excluding hydrogens is 191 g/mol. The van der Waals surface area contributed by atoms with Gasteiger partial charge in [0, 0.05) is 10.6 Å². The summed E-state index contributed by atoms with van der Waals surface area (Å²) in [6.45, 7) is 3.68. The van der Waals surface area contributed by atoms with Crippen molar-refractivity contribution in [2.75, 3.05) is 0 Å². The number of halogens is 1. The highest BCUT2D eigenvalue weighted by atomic mass is 35.5. The largest absolute Gasteiger partial charge is 0.389 e. The Morgan fingerprint density at radius 1 is 1.50 bits per heavy atom. The molecule has 66 valence electrons.